The van der Waals surface area contributed by atoms with Gasteiger partial charge in [0.05, 0.1) is 47.6 Å². The van der Waals surface area contributed by atoms with Crippen LogP contribution < -0.4 is 26.8 Å². The minimum Gasteiger partial charge on any atom is -0.458 e. The van der Waals surface area contributed by atoms with E-state index in [0.717, 1.165) is 22.1 Å². The number of esters is 1. The topological polar surface area (TPSA) is 241 Å². The number of halogens is 1. The molecule has 0 unspecified atom stereocenters. The van der Waals surface area contributed by atoms with Crippen molar-refractivity contribution in [2.24, 2.45) is 0 Å². The highest BCUT2D eigenvalue weighted by Gasteiger charge is 2.46. The molecule has 4 heterocycles. The van der Waals surface area contributed by atoms with Gasteiger partial charge in [-0.1, -0.05) is 43.7 Å². The SMILES string of the molecule is CC[C@@]1(O)C(=O)OCc2c1cc1n(c2=O)Cc2c-1nc1cc(F)c(C)c3c1c2[C@@H](NC(=O)CCCCCNC(=O)CCC(=O)[C@H](Cc1ccccc1)NC(=O)CCC(=O)CNC(=O)OC(C)(C)C)CC3. The monoisotopic (exact) mass is 964 g/mol. The molecule has 4 amide bonds. The van der Waals surface area contributed by atoms with Crippen LogP contribution in [0.4, 0.5) is 9.18 Å². The number of alkyl carbamates (subject to hydrolysis) is 1. The van der Waals surface area contributed by atoms with Crippen molar-refractivity contribution < 1.29 is 52.5 Å². The quantitative estimate of drug-likeness (QED) is 0.0496. The summed E-state index contributed by atoms with van der Waals surface area (Å²) in [6.07, 6.45) is 1.76. The van der Waals surface area contributed by atoms with Gasteiger partial charge >= 0.3 is 12.1 Å². The number of hydrogen-bond donors (Lipinski definition) is 5. The Balaban J connectivity index is 0.898. The lowest BCUT2D eigenvalue weighted by atomic mass is 9.81. The van der Waals surface area contributed by atoms with Gasteiger partial charge in [-0.3, -0.25) is 28.8 Å². The van der Waals surface area contributed by atoms with Gasteiger partial charge in [-0.15, -0.1) is 0 Å². The number of Topliss-reactive ketones (excluding diaryl/α,β-unsaturated/α-hetero) is 2. The Morgan fingerprint density at radius 1 is 0.929 bits per heavy atom. The standard InChI is InChI=1S/C52H61FN6O11/c1-6-52(68)35-24-40-47-33(27-59(40)48(65)34(35)28-69-49(52)66)46-37(18-17-32-29(2)36(53)25-39(58-47)45(32)46)56-43(63)15-11-8-12-22-54-42(62)21-19-41(61)38(23-30-13-9-7-10-14-30)57-44(64)20-16-31(60)26-55-50(67)70-51(3,4)5/h7,9-10,13-14,24-25,37-38,68H,6,8,11-12,15-23,26-28H2,1-5H3,(H,54,62)(H,55,67)(H,56,63)(H,57,64)/t37-,38-,52-/m0/s1. The first-order valence-electron chi connectivity index (χ1n) is 24.0. The van der Waals surface area contributed by atoms with Crippen molar-refractivity contribution in [3.63, 3.8) is 0 Å². The number of aryl methyl sites for hydroxylation is 1. The molecule has 0 saturated heterocycles. The predicted octanol–water partition coefficient (Wildman–Crippen LogP) is 5.26. The molecule has 2 aromatic carbocycles. The fourth-order valence-electron chi connectivity index (χ4n) is 9.47. The molecule has 0 fully saturated rings. The number of cyclic esters (lactones) is 1. The summed E-state index contributed by atoms with van der Waals surface area (Å²) in [7, 11) is 0. The molecule has 5 N–H and O–H groups in total. The van der Waals surface area contributed by atoms with Gasteiger partial charge in [0.2, 0.25) is 17.7 Å². The number of benzene rings is 2. The maximum absolute atomic E-state index is 15.3. The maximum Gasteiger partial charge on any atom is 0.408 e. The molecule has 17 nitrogen and oxygen atoms in total. The van der Waals surface area contributed by atoms with E-state index < -0.39 is 52.6 Å². The molecule has 0 radical (unpaired) electrons. The molecule has 3 atom stereocenters. The fourth-order valence-corrected chi connectivity index (χ4v) is 9.47. The van der Waals surface area contributed by atoms with E-state index in [1.165, 1.54) is 10.6 Å². The Hall–Kier alpha value is -6.82. The summed E-state index contributed by atoms with van der Waals surface area (Å²) in [4.78, 5) is 108. The Bertz CT molecular complexity index is 2800. The summed E-state index contributed by atoms with van der Waals surface area (Å²) in [5.74, 6) is -3.02. The van der Waals surface area contributed by atoms with E-state index in [-0.39, 0.29) is 99.1 Å². The van der Waals surface area contributed by atoms with E-state index >= 15 is 4.39 Å². The maximum atomic E-state index is 15.3. The number of carbonyl (C=O) groups excluding carboxylic acids is 7. The molecule has 1 aliphatic carbocycles. The number of ketones is 2. The Morgan fingerprint density at radius 2 is 1.67 bits per heavy atom. The number of pyridine rings is 2. The summed E-state index contributed by atoms with van der Waals surface area (Å²) in [6, 6.07) is 10.7. The summed E-state index contributed by atoms with van der Waals surface area (Å²) < 4.78 is 27.2. The third-order valence-electron chi connectivity index (χ3n) is 13.2. The van der Waals surface area contributed by atoms with Crippen molar-refractivity contribution >= 4 is 52.3 Å². The molecule has 2 aliphatic heterocycles. The Kier molecular flexibility index (Phi) is 15.6. The lowest BCUT2D eigenvalue weighted by molar-refractivity contribution is -0.172. The molecule has 3 aliphatic rings. The summed E-state index contributed by atoms with van der Waals surface area (Å²) in [6.45, 7) is 8.30. The molecule has 0 saturated carbocycles. The smallest absolute Gasteiger partial charge is 0.408 e. The van der Waals surface area contributed by atoms with Crippen molar-refractivity contribution in [2.45, 2.75) is 148 Å². The molecule has 372 valence electrons. The normalized spacial score (nSPS) is 17.1. The molecule has 0 spiro atoms. The third-order valence-corrected chi connectivity index (χ3v) is 13.2. The number of hydrogen-bond acceptors (Lipinski definition) is 12. The number of rotatable bonds is 20. The number of nitrogens with one attached hydrogen (secondary N) is 4. The van der Waals surface area contributed by atoms with Crippen LogP contribution in [0.25, 0.3) is 22.3 Å². The highest BCUT2D eigenvalue weighted by Crippen LogP contribution is 2.46. The minimum atomic E-state index is -2.01. The number of unbranched alkanes of at least 4 members (excludes halogenated alkanes) is 2. The van der Waals surface area contributed by atoms with Crippen molar-refractivity contribution in [3.8, 4) is 11.4 Å². The van der Waals surface area contributed by atoms with Gasteiger partial charge in [0.25, 0.3) is 5.56 Å². The zero-order valence-electron chi connectivity index (χ0n) is 40.3. The van der Waals surface area contributed by atoms with Gasteiger partial charge in [-0.2, -0.15) is 0 Å². The second-order valence-corrected chi connectivity index (χ2v) is 19.3. The number of amides is 4. The molecule has 2 aromatic heterocycles. The summed E-state index contributed by atoms with van der Waals surface area (Å²) in [5.41, 5.74) is 1.96. The average molecular weight is 965 g/mol. The van der Waals surface area contributed by atoms with E-state index in [0.29, 0.717) is 66.7 Å². The second kappa shape index (κ2) is 21.4. The summed E-state index contributed by atoms with van der Waals surface area (Å²) in [5, 5.41) is 23.2. The lowest BCUT2D eigenvalue weighted by Crippen LogP contribution is -2.44. The molecular formula is C52H61FN6O11. The first-order chi connectivity index (χ1) is 33.3. The van der Waals surface area contributed by atoms with E-state index in [2.05, 4.69) is 21.3 Å². The van der Waals surface area contributed by atoms with Gasteiger partial charge in [0.1, 0.15) is 18.0 Å². The van der Waals surface area contributed by atoms with Gasteiger partial charge in [-0.05, 0) is 94.5 Å². The largest absolute Gasteiger partial charge is 0.458 e. The third kappa shape index (κ3) is 11.4. The van der Waals surface area contributed by atoms with Crippen LogP contribution >= 0.6 is 0 Å². The molecule has 70 heavy (non-hydrogen) atoms. The van der Waals surface area contributed by atoms with E-state index in [9.17, 15) is 43.5 Å². The fraction of sp³-hybridized carbons (Fsp3) is 0.481. The number of ether oxygens (including phenoxy) is 2. The number of fused-ring (bicyclic) bond motifs is 5. The highest BCUT2D eigenvalue weighted by molar-refractivity contribution is 5.95. The minimum absolute atomic E-state index is 0.0146. The number of aliphatic hydroxyl groups is 1. The first kappa shape index (κ1) is 51.0. The van der Waals surface area contributed by atoms with Crippen LogP contribution in [-0.2, 0) is 69.8 Å². The number of aromatic nitrogens is 2. The van der Waals surface area contributed by atoms with E-state index in [1.807, 2.05) is 30.3 Å². The van der Waals surface area contributed by atoms with Crippen LogP contribution in [0.1, 0.15) is 137 Å². The Labute approximate surface area is 404 Å². The van der Waals surface area contributed by atoms with Crippen LogP contribution in [0.3, 0.4) is 0 Å². The van der Waals surface area contributed by atoms with Crippen LogP contribution in [-0.4, -0.2) is 80.7 Å². The molecule has 7 rings (SSSR count). The second-order valence-electron chi connectivity index (χ2n) is 19.3. The van der Waals surface area contributed by atoms with Crippen molar-refractivity contribution in [2.75, 3.05) is 13.1 Å². The zero-order chi connectivity index (χ0) is 50.5. The zero-order valence-corrected chi connectivity index (χ0v) is 40.3. The highest BCUT2D eigenvalue weighted by atomic mass is 19.1. The van der Waals surface area contributed by atoms with Crippen LogP contribution in [0.5, 0.6) is 0 Å². The average Bonchev–Trinajstić information content (AvgIpc) is 3.69. The predicted molar refractivity (Wildman–Crippen MR) is 255 cm³/mol. The van der Waals surface area contributed by atoms with E-state index in [4.69, 9.17) is 14.5 Å². The molecule has 0 bridgehead atoms. The summed E-state index contributed by atoms with van der Waals surface area (Å²) >= 11 is 0. The number of carbonyl (C=O) groups is 7. The Morgan fingerprint density at radius 3 is 2.40 bits per heavy atom. The van der Waals surface area contributed by atoms with Crippen molar-refractivity contribution in [1.29, 1.82) is 0 Å². The molecule has 4 aromatic rings. The van der Waals surface area contributed by atoms with Gasteiger partial charge in [0.15, 0.2) is 17.2 Å². The van der Waals surface area contributed by atoms with Crippen LogP contribution in [0.15, 0.2) is 47.3 Å². The number of nitrogens with zero attached hydrogens (tertiary/aromatic N) is 2. The molecular weight excluding hydrogens is 904 g/mol. The molecule has 18 heteroatoms. The van der Waals surface area contributed by atoms with Gasteiger partial charge in [-0.25, -0.2) is 19.0 Å². The van der Waals surface area contributed by atoms with Crippen LogP contribution in [0, 0.1) is 12.7 Å². The van der Waals surface area contributed by atoms with Crippen molar-refractivity contribution in [1.82, 2.24) is 30.8 Å². The first-order valence-corrected chi connectivity index (χ1v) is 24.0. The lowest BCUT2D eigenvalue weighted by Gasteiger charge is -2.31. The van der Waals surface area contributed by atoms with Crippen molar-refractivity contribution in [3.05, 3.63) is 97.6 Å². The van der Waals surface area contributed by atoms with E-state index in [1.54, 1.807) is 40.7 Å². The van der Waals surface area contributed by atoms with Gasteiger partial charge in [0, 0.05) is 61.2 Å². The van der Waals surface area contributed by atoms with Crippen LogP contribution in [0.2, 0.25) is 0 Å². The van der Waals surface area contributed by atoms with Gasteiger partial charge < -0.3 is 40.4 Å².